The summed E-state index contributed by atoms with van der Waals surface area (Å²) in [4.78, 5) is 14.9. The molecule has 1 aliphatic heterocycles. The van der Waals surface area contributed by atoms with Crippen molar-refractivity contribution in [1.29, 1.82) is 0 Å². The van der Waals surface area contributed by atoms with Crippen LogP contribution in [0.1, 0.15) is 22.5 Å². The lowest BCUT2D eigenvalue weighted by Gasteiger charge is -2.17. The quantitative estimate of drug-likeness (QED) is 0.437. The van der Waals surface area contributed by atoms with Gasteiger partial charge in [-0.1, -0.05) is 36.4 Å². The lowest BCUT2D eigenvalue weighted by molar-refractivity contribution is 0.185. The summed E-state index contributed by atoms with van der Waals surface area (Å²) in [7, 11) is -0.556. The fraction of sp³-hybridized carbons (Fsp3) is 0.320. The largest absolute Gasteiger partial charge is 0.482 e. The number of ether oxygens (including phenoxy) is 2. The molecule has 180 valence electrons. The van der Waals surface area contributed by atoms with E-state index in [1.54, 1.807) is 12.1 Å². The number of rotatable bonds is 10. The van der Waals surface area contributed by atoms with E-state index in [0.717, 1.165) is 18.7 Å². The molecule has 1 aromatic heterocycles. The molecule has 0 bridgehead atoms. The van der Waals surface area contributed by atoms with Crippen LogP contribution in [0, 0.1) is 0 Å². The average molecular weight is 485 g/mol. The SMILES string of the molecule is COCCN(C)S(=O)(=O)c1ccc(COc2coc(CN3Cc4ccccc4C3)cc2=O)cc1. The van der Waals surface area contributed by atoms with E-state index in [9.17, 15) is 13.2 Å². The molecule has 0 radical (unpaired) electrons. The Hall–Kier alpha value is -2.98. The van der Waals surface area contributed by atoms with Crippen molar-refractivity contribution in [2.45, 2.75) is 31.1 Å². The summed E-state index contributed by atoms with van der Waals surface area (Å²) in [5.41, 5.74) is 3.07. The van der Waals surface area contributed by atoms with Gasteiger partial charge in [-0.2, -0.15) is 4.31 Å². The summed E-state index contributed by atoms with van der Waals surface area (Å²) in [6.45, 7) is 2.89. The van der Waals surface area contributed by atoms with Crippen LogP contribution in [0.15, 0.2) is 75.0 Å². The molecule has 0 fully saturated rings. The van der Waals surface area contributed by atoms with Crippen LogP contribution in [0.5, 0.6) is 5.75 Å². The number of benzene rings is 2. The standard InChI is InChI=1S/C25H28N2O6S/c1-26(11-12-31-2)34(29,30)23-9-7-19(8-10-23)17-33-25-18-32-22(13-24(25)28)16-27-14-20-5-3-4-6-21(20)15-27/h3-10,13,18H,11-12,14-17H2,1-2H3. The van der Waals surface area contributed by atoms with Gasteiger partial charge in [-0.25, -0.2) is 8.42 Å². The van der Waals surface area contributed by atoms with Crippen LogP contribution in [0.4, 0.5) is 0 Å². The van der Waals surface area contributed by atoms with Crippen molar-refractivity contribution >= 4 is 10.0 Å². The Kier molecular flexibility index (Phi) is 7.47. The third kappa shape index (κ3) is 5.56. The zero-order valence-electron chi connectivity index (χ0n) is 19.3. The molecule has 0 spiro atoms. The average Bonchev–Trinajstić information content (AvgIpc) is 3.24. The molecule has 0 aliphatic carbocycles. The molecule has 34 heavy (non-hydrogen) atoms. The van der Waals surface area contributed by atoms with Gasteiger partial charge in [0.05, 0.1) is 18.0 Å². The van der Waals surface area contributed by atoms with E-state index < -0.39 is 10.0 Å². The summed E-state index contributed by atoms with van der Waals surface area (Å²) >= 11 is 0. The lowest BCUT2D eigenvalue weighted by atomic mass is 10.1. The molecule has 8 nitrogen and oxygen atoms in total. The number of likely N-dealkylation sites (N-methyl/N-ethyl adjacent to an activating group) is 1. The predicted molar refractivity (Wildman–Crippen MR) is 127 cm³/mol. The summed E-state index contributed by atoms with van der Waals surface area (Å²) in [6, 6.07) is 16.1. The molecule has 2 aromatic carbocycles. The number of hydrogen-bond donors (Lipinski definition) is 0. The van der Waals surface area contributed by atoms with Gasteiger partial charge >= 0.3 is 0 Å². The normalized spacial score (nSPS) is 13.9. The van der Waals surface area contributed by atoms with Gasteiger partial charge in [0.15, 0.2) is 0 Å². The van der Waals surface area contributed by atoms with E-state index in [-0.39, 0.29) is 29.2 Å². The lowest BCUT2D eigenvalue weighted by Crippen LogP contribution is -2.30. The fourth-order valence-corrected chi connectivity index (χ4v) is 4.96. The van der Waals surface area contributed by atoms with Crippen LogP contribution in [0.2, 0.25) is 0 Å². The van der Waals surface area contributed by atoms with E-state index in [1.165, 1.54) is 54.1 Å². The molecule has 9 heteroatoms. The van der Waals surface area contributed by atoms with Crippen LogP contribution in [-0.2, 0) is 41.0 Å². The first-order chi connectivity index (χ1) is 16.4. The molecule has 1 aliphatic rings. The summed E-state index contributed by atoms with van der Waals surface area (Å²) in [6.07, 6.45) is 1.34. The third-order valence-electron chi connectivity index (χ3n) is 5.77. The van der Waals surface area contributed by atoms with Crippen LogP contribution in [0.25, 0.3) is 0 Å². The predicted octanol–water partition coefficient (Wildman–Crippen LogP) is 3.00. The number of sulfonamides is 1. The second-order valence-corrected chi connectivity index (χ2v) is 10.3. The Balaban J connectivity index is 1.34. The van der Waals surface area contributed by atoms with Gasteiger partial charge in [-0.15, -0.1) is 0 Å². The second-order valence-electron chi connectivity index (χ2n) is 8.24. The fourth-order valence-electron chi connectivity index (χ4n) is 3.80. The van der Waals surface area contributed by atoms with E-state index in [4.69, 9.17) is 13.9 Å². The molecule has 0 amide bonds. The van der Waals surface area contributed by atoms with Crippen LogP contribution < -0.4 is 10.2 Å². The van der Waals surface area contributed by atoms with Gasteiger partial charge in [-0.3, -0.25) is 9.69 Å². The maximum absolute atomic E-state index is 12.6. The van der Waals surface area contributed by atoms with Crippen molar-refractivity contribution in [2.75, 3.05) is 27.3 Å². The Morgan fingerprint density at radius 3 is 2.35 bits per heavy atom. The highest BCUT2D eigenvalue weighted by molar-refractivity contribution is 7.89. The van der Waals surface area contributed by atoms with Crippen LogP contribution >= 0.6 is 0 Å². The first-order valence-electron chi connectivity index (χ1n) is 10.9. The molecular weight excluding hydrogens is 456 g/mol. The zero-order valence-corrected chi connectivity index (χ0v) is 20.1. The molecule has 0 atom stereocenters. The van der Waals surface area contributed by atoms with E-state index in [0.29, 0.717) is 18.9 Å². The molecule has 0 unspecified atom stereocenters. The first kappa shape index (κ1) is 24.2. The number of nitrogens with zero attached hydrogens (tertiary/aromatic N) is 2. The summed E-state index contributed by atoms with van der Waals surface area (Å²) in [5.74, 6) is 0.696. The molecule has 0 saturated carbocycles. The summed E-state index contributed by atoms with van der Waals surface area (Å²) in [5, 5.41) is 0. The monoisotopic (exact) mass is 484 g/mol. The molecule has 0 saturated heterocycles. The van der Waals surface area contributed by atoms with Crippen molar-refractivity contribution in [3.05, 3.63) is 93.5 Å². The minimum Gasteiger partial charge on any atom is -0.482 e. The van der Waals surface area contributed by atoms with Gasteiger partial charge in [0, 0.05) is 39.9 Å². The first-order valence-corrected chi connectivity index (χ1v) is 12.4. The Morgan fingerprint density at radius 1 is 1.06 bits per heavy atom. The van der Waals surface area contributed by atoms with Gasteiger partial charge in [0.25, 0.3) is 0 Å². The van der Waals surface area contributed by atoms with Crippen molar-refractivity contribution < 1.29 is 22.3 Å². The molecule has 4 rings (SSSR count). The van der Waals surface area contributed by atoms with Gasteiger partial charge < -0.3 is 13.9 Å². The maximum Gasteiger partial charge on any atom is 0.242 e. The number of methoxy groups -OCH3 is 1. The third-order valence-corrected chi connectivity index (χ3v) is 7.65. The zero-order chi connectivity index (χ0) is 24.1. The van der Waals surface area contributed by atoms with Gasteiger partial charge in [0.1, 0.15) is 18.6 Å². The Labute approximate surface area is 199 Å². The highest BCUT2D eigenvalue weighted by Gasteiger charge is 2.21. The van der Waals surface area contributed by atoms with Crippen LogP contribution in [0.3, 0.4) is 0 Å². The van der Waals surface area contributed by atoms with Crippen molar-refractivity contribution in [1.82, 2.24) is 9.21 Å². The smallest absolute Gasteiger partial charge is 0.242 e. The Bertz CT molecular complexity index is 1260. The second kappa shape index (κ2) is 10.5. The number of hydrogen-bond acceptors (Lipinski definition) is 7. The van der Waals surface area contributed by atoms with Crippen molar-refractivity contribution in [3.8, 4) is 5.75 Å². The molecule has 0 N–H and O–H groups in total. The topological polar surface area (TPSA) is 89.3 Å². The number of fused-ring (bicyclic) bond motifs is 1. The minimum absolute atomic E-state index is 0.115. The highest BCUT2D eigenvalue weighted by Crippen LogP contribution is 2.24. The van der Waals surface area contributed by atoms with Gasteiger partial charge in [0.2, 0.25) is 21.2 Å². The van der Waals surface area contributed by atoms with E-state index in [1.807, 2.05) is 12.1 Å². The van der Waals surface area contributed by atoms with Crippen molar-refractivity contribution in [3.63, 3.8) is 0 Å². The van der Waals surface area contributed by atoms with E-state index >= 15 is 0 Å². The summed E-state index contributed by atoms with van der Waals surface area (Å²) < 4.78 is 42.6. The van der Waals surface area contributed by atoms with E-state index in [2.05, 4.69) is 17.0 Å². The molecule has 3 aromatic rings. The minimum atomic E-state index is -3.59. The molecular formula is C25H28N2O6S. The van der Waals surface area contributed by atoms with Crippen molar-refractivity contribution in [2.24, 2.45) is 0 Å². The maximum atomic E-state index is 12.6. The molecule has 2 heterocycles. The Morgan fingerprint density at radius 2 is 1.74 bits per heavy atom. The van der Waals surface area contributed by atoms with Gasteiger partial charge in [-0.05, 0) is 28.8 Å². The van der Waals surface area contributed by atoms with Crippen LogP contribution in [-0.4, -0.2) is 44.9 Å². The highest BCUT2D eigenvalue weighted by atomic mass is 32.2.